The summed E-state index contributed by atoms with van der Waals surface area (Å²) >= 11 is 2.98. The lowest BCUT2D eigenvalue weighted by Gasteiger charge is -2.16. The van der Waals surface area contributed by atoms with Gasteiger partial charge >= 0.3 is 0 Å². The molecule has 1 atom stereocenters. The molecule has 17 heavy (non-hydrogen) atoms. The van der Waals surface area contributed by atoms with Crippen molar-refractivity contribution in [2.75, 3.05) is 5.32 Å². The van der Waals surface area contributed by atoms with Crippen LogP contribution in [0.3, 0.4) is 0 Å². The minimum absolute atomic E-state index is 0.0720. The Morgan fingerprint density at radius 2 is 2.00 bits per heavy atom. The Bertz CT molecular complexity index is 414. The van der Waals surface area contributed by atoms with Crippen molar-refractivity contribution in [2.24, 2.45) is 11.7 Å². The van der Waals surface area contributed by atoms with Crippen molar-refractivity contribution in [1.29, 1.82) is 0 Å². The van der Waals surface area contributed by atoms with E-state index in [1.165, 1.54) is 0 Å². The SMILES string of the molecule is CC(C)[C@@H](N)C(=O)Nc1c(F)cc(F)cc1Br. The fraction of sp³-hybridized carbons (Fsp3) is 0.364. The fourth-order valence-electron chi connectivity index (χ4n) is 1.17. The molecule has 0 aliphatic carbocycles. The first kappa shape index (κ1) is 14.1. The topological polar surface area (TPSA) is 55.1 Å². The fourth-order valence-corrected chi connectivity index (χ4v) is 1.68. The summed E-state index contributed by atoms with van der Waals surface area (Å²) in [7, 11) is 0. The average molecular weight is 307 g/mol. The van der Waals surface area contributed by atoms with Crippen molar-refractivity contribution in [2.45, 2.75) is 19.9 Å². The van der Waals surface area contributed by atoms with Gasteiger partial charge in [0, 0.05) is 10.5 Å². The van der Waals surface area contributed by atoms with Crippen molar-refractivity contribution in [3.8, 4) is 0 Å². The quantitative estimate of drug-likeness (QED) is 0.902. The van der Waals surface area contributed by atoms with Gasteiger partial charge in [0.25, 0.3) is 0 Å². The van der Waals surface area contributed by atoms with E-state index in [2.05, 4.69) is 21.2 Å². The van der Waals surface area contributed by atoms with Gasteiger partial charge < -0.3 is 11.1 Å². The van der Waals surface area contributed by atoms with Crippen molar-refractivity contribution in [3.63, 3.8) is 0 Å². The van der Waals surface area contributed by atoms with Crippen LogP contribution in [0.2, 0.25) is 0 Å². The Labute approximate surface area is 107 Å². The lowest BCUT2D eigenvalue weighted by molar-refractivity contribution is -0.118. The second-order valence-corrected chi connectivity index (χ2v) is 4.86. The third-order valence-electron chi connectivity index (χ3n) is 2.28. The van der Waals surface area contributed by atoms with E-state index in [-0.39, 0.29) is 16.1 Å². The van der Waals surface area contributed by atoms with Crippen LogP contribution < -0.4 is 11.1 Å². The summed E-state index contributed by atoms with van der Waals surface area (Å²) in [4.78, 5) is 11.6. The zero-order valence-corrected chi connectivity index (χ0v) is 11.0. The van der Waals surface area contributed by atoms with E-state index in [1.54, 1.807) is 13.8 Å². The van der Waals surface area contributed by atoms with Gasteiger partial charge in [-0.15, -0.1) is 0 Å². The van der Waals surface area contributed by atoms with Gasteiger partial charge in [-0.05, 0) is 27.9 Å². The van der Waals surface area contributed by atoms with E-state index in [4.69, 9.17) is 5.73 Å². The number of benzene rings is 1. The van der Waals surface area contributed by atoms with E-state index in [1.807, 2.05) is 0 Å². The highest BCUT2D eigenvalue weighted by atomic mass is 79.9. The van der Waals surface area contributed by atoms with Gasteiger partial charge in [-0.3, -0.25) is 4.79 Å². The van der Waals surface area contributed by atoms with Gasteiger partial charge in [0.2, 0.25) is 5.91 Å². The van der Waals surface area contributed by atoms with Gasteiger partial charge in [-0.1, -0.05) is 13.8 Å². The zero-order valence-electron chi connectivity index (χ0n) is 9.43. The second-order valence-electron chi connectivity index (χ2n) is 4.00. The van der Waals surface area contributed by atoms with Crippen LogP contribution in [0.25, 0.3) is 0 Å². The predicted octanol–water partition coefficient (Wildman–Crippen LogP) is 2.65. The lowest BCUT2D eigenvalue weighted by Crippen LogP contribution is -2.40. The van der Waals surface area contributed by atoms with Gasteiger partial charge in [0.1, 0.15) is 5.82 Å². The molecule has 0 aliphatic rings. The first-order valence-corrected chi connectivity index (χ1v) is 5.83. The molecular weight excluding hydrogens is 294 g/mol. The molecule has 94 valence electrons. The Morgan fingerprint density at radius 1 is 1.41 bits per heavy atom. The molecule has 3 nitrogen and oxygen atoms in total. The molecule has 1 aromatic rings. The molecule has 0 heterocycles. The maximum absolute atomic E-state index is 13.4. The highest BCUT2D eigenvalue weighted by Crippen LogP contribution is 2.27. The Morgan fingerprint density at radius 3 is 2.47 bits per heavy atom. The standard InChI is InChI=1S/C11H13BrF2N2O/c1-5(2)9(15)11(17)16-10-7(12)3-6(13)4-8(10)14/h3-5,9H,15H2,1-2H3,(H,16,17)/t9-/m1/s1. The monoisotopic (exact) mass is 306 g/mol. The van der Waals surface area contributed by atoms with Crippen LogP contribution in [0.5, 0.6) is 0 Å². The van der Waals surface area contributed by atoms with Crippen molar-refractivity contribution in [3.05, 3.63) is 28.2 Å². The predicted molar refractivity (Wildman–Crippen MR) is 65.5 cm³/mol. The van der Waals surface area contributed by atoms with Crippen LogP contribution in [-0.4, -0.2) is 11.9 Å². The molecule has 0 saturated heterocycles. The highest BCUT2D eigenvalue weighted by Gasteiger charge is 2.20. The van der Waals surface area contributed by atoms with E-state index in [0.29, 0.717) is 6.07 Å². The van der Waals surface area contributed by atoms with Crippen molar-refractivity contribution in [1.82, 2.24) is 0 Å². The van der Waals surface area contributed by atoms with Gasteiger partial charge in [-0.2, -0.15) is 0 Å². The molecule has 0 bridgehead atoms. The molecule has 6 heteroatoms. The number of hydrogen-bond acceptors (Lipinski definition) is 2. The summed E-state index contributed by atoms with van der Waals surface area (Å²) in [6, 6.07) is 1.02. The van der Waals surface area contributed by atoms with E-state index in [9.17, 15) is 13.6 Å². The first-order valence-electron chi connectivity index (χ1n) is 5.04. The van der Waals surface area contributed by atoms with Crippen LogP contribution in [0.1, 0.15) is 13.8 Å². The summed E-state index contributed by atoms with van der Waals surface area (Å²) in [5.41, 5.74) is 5.51. The normalized spacial score (nSPS) is 12.6. The number of carbonyl (C=O) groups is 1. The van der Waals surface area contributed by atoms with Crippen LogP contribution in [0.15, 0.2) is 16.6 Å². The molecule has 1 rings (SSSR count). The Hall–Kier alpha value is -1.01. The number of anilines is 1. The number of halogens is 3. The minimum atomic E-state index is -0.846. The summed E-state index contributed by atoms with van der Waals surface area (Å²) in [6.45, 7) is 3.56. The number of hydrogen-bond donors (Lipinski definition) is 2. The maximum atomic E-state index is 13.4. The molecule has 3 N–H and O–H groups in total. The molecule has 0 fully saturated rings. The molecule has 0 unspecified atom stereocenters. The molecule has 1 aromatic carbocycles. The molecule has 0 saturated carbocycles. The highest BCUT2D eigenvalue weighted by molar-refractivity contribution is 9.10. The second kappa shape index (κ2) is 5.55. The van der Waals surface area contributed by atoms with E-state index >= 15 is 0 Å². The smallest absolute Gasteiger partial charge is 0.241 e. The maximum Gasteiger partial charge on any atom is 0.241 e. The van der Waals surface area contributed by atoms with Crippen LogP contribution in [0.4, 0.5) is 14.5 Å². The first-order chi connectivity index (χ1) is 7.82. The summed E-state index contributed by atoms with van der Waals surface area (Å²) in [5.74, 6) is -2.15. The average Bonchev–Trinajstić information content (AvgIpc) is 2.21. The molecule has 0 spiro atoms. The van der Waals surface area contributed by atoms with Crippen LogP contribution in [-0.2, 0) is 4.79 Å². The third kappa shape index (κ3) is 3.47. The van der Waals surface area contributed by atoms with E-state index in [0.717, 1.165) is 6.07 Å². The van der Waals surface area contributed by atoms with Crippen LogP contribution in [0, 0.1) is 17.6 Å². The number of amides is 1. The van der Waals surface area contributed by atoms with Crippen molar-refractivity contribution >= 4 is 27.5 Å². The number of nitrogens with one attached hydrogen (secondary N) is 1. The number of carbonyl (C=O) groups excluding carboxylic acids is 1. The summed E-state index contributed by atoms with van der Waals surface area (Å²) in [6.07, 6.45) is 0. The number of nitrogens with two attached hydrogens (primary N) is 1. The van der Waals surface area contributed by atoms with Gasteiger partial charge in [0.15, 0.2) is 5.82 Å². The summed E-state index contributed by atoms with van der Waals surface area (Å²) in [5, 5.41) is 2.33. The molecular formula is C11H13BrF2N2O. The van der Waals surface area contributed by atoms with Crippen LogP contribution >= 0.6 is 15.9 Å². The molecule has 0 radical (unpaired) electrons. The molecule has 0 aliphatic heterocycles. The Balaban J connectivity index is 2.93. The van der Waals surface area contributed by atoms with Gasteiger partial charge in [-0.25, -0.2) is 8.78 Å². The zero-order chi connectivity index (χ0) is 13.2. The number of rotatable bonds is 3. The summed E-state index contributed by atoms with van der Waals surface area (Å²) < 4.78 is 26.4. The Kier molecular flexibility index (Phi) is 4.59. The van der Waals surface area contributed by atoms with Gasteiger partial charge in [0.05, 0.1) is 11.7 Å². The molecule has 0 aromatic heterocycles. The van der Waals surface area contributed by atoms with Crippen molar-refractivity contribution < 1.29 is 13.6 Å². The van der Waals surface area contributed by atoms with E-state index < -0.39 is 23.6 Å². The third-order valence-corrected chi connectivity index (χ3v) is 2.90. The lowest BCUT2D eigenvalue weighted by atomic mass is 10.0. The molecule has 1 amide bonds. The largest absolute Gasteiger partial charge is 0.321 e. The minimum Gasteiger partial charge on any atom is -0.321 e.